The van der Waals surface area contributed by atoms with E-state index in [1.807, 2.05) is 0 Å². The monoisotopic (exact) mass is 400 g/mol. The molecule has 2 aromatic carbocycles. The Bertz CT molecular complexity index is 1080. The number of non-ortho nitro benzene ring substituents is 1. The van der Waals surface area contributed by atoms with E-state index in [2.05, 4.69) is 5.10 Å². The molecule has 1 atom stereocenters. The lowest BCUT2D eigenvalue weighted by molar-refractivity contribution is -0.386. The maximum absolute atomic E-state index is 12.1. The maximum Gasteiger partial charge on any atom is 0.282 e. The number of carbonyl (C=O) groups is 1. The summed E-state index contributed by atoms with van der Waals surface area (Å²) in [7, 11) is 0. The van der Waals surface area contributed by atoms with Crippen molar-refractivity contribution in [3.63, 3.8) is 0 Å². The van der Waals surface area contributed by atoms with Crippen LogP contribution in [0.2, 0.25) is 0 Å². The van der Waals surface area contributed by atoms with Gasteiger partial charge in [-0.1, -0.05) is 6.07 Å². The van der Waals surface area contributed by atoms with Gasteiger partial charge in [0.25, 0.3) is 11.4 Å². The molecule has 148 valence electrons. The number of nitro benzene ring substituents is 2. The normalized spacial score (nSPS) is 16.9. The Morgan fingerprint density at radius 2 is 1.86 bits per heavy atom. The molecule has 12 nitrogen and oxygen atoms in total. The number of fused-ring (bicyclic) bond motifs is 1. The van der Waals surface area contributed by atoms with Gasteiger partial charge in [-0.2, -0.15) is 5.01 Å². The minimum absolute atomic E-state index is 0.0265. The first kappa shape index (κ1) is 18.2. The van der Waals surface area contributed by atoms with Gasteiger partial charge in [0.2, 0.25) is 24.8 Å². The molecule has 2 aliphatic rings. The Morgan fingerprint density at radius 1 is 1.14 bits per heavy atom. The van der Waals surface area contributed by atoms with Crippen LogP contribution in [0.3, 0.4) is 0 Å². The van der Waals surface area contributed by atoms with Crippen LogP contribution in [0.25, 0.3) is 0 Å². The SMILES string of the molecule is CC(=O)N1N=C(c2cccc([N+](=O)[O-])c2)OC1c1cc2c(cc1[N+](=O)[O-])OCO2. The van der Waals surface area contributed by atoms with E-state index in [1.165, 1.54) is 43.3 Å². The molecule has 0 radical (unpaired) electrons. The van der Waals surface area contributed by atoms with E-state index in [0.29, 0.717) is 0 Å². The van der Waals surface area contributed by atoms with Gasteiger partial charge in [0, 0.05) is 30.7 Å². The van der Waals surface area contributed by atoms with Gasteiger partial charge in [-0.25, -0.2) is 0 Å². The molecule has 29 heavy (non-hydrogen) atoms. The first-order chi connectivity index (χ1) is 13.8. The molecule has 0 aliphatic carbocycles. The van der Waals surface area contributed by atoms with Crippen molar-refractivity contribution in [2.45, 2.75) is 13.2 Å². The van der Waals surface area contributed by atoms with Gasteiger partial charge in [0.15, 0.2) is 11.5 Å². The molecule has 2 aromatic rings. The highest BCUT2D eigenvalue weighted by Crippen LogP contribution is 2.43. The summed E-state index contributed by atoms with van der Waals surface area (Å²) >= 11 is 0. The number of hydrogen-bond donors (Lipinski definition) is 0. The molecular formula is C17H12N4O8. The molecule has 0 saturated carbocycles. The second kappa shape index (κ2) is 6.74. The summed E-state index contributed by atoms with van der Waals surface area (Å²) in [4.78, 5) is 33.5. The smallest absolute Gasteiger partial charge is 0.282 e. The predicted octanol–water partition coefficient (Wildman–Crippen LogP) is 2.47. The predicted molar refractivity (Wildman–Crippen MR) is 95.2 cm³/mol. The molecule has 1 unspecified atom stereocenters. The van der Waals surface area contributed by atoms with Gasteiger partial charge >= 0.3 is 0 Å². The molecule has 0 fully saturated rings. The Morgan fingerprint density at radius 3 is 2.52 bits per heavy atom. The zero-order valence-corrected chi connectivity index (χ0v) is 14.8. The fourth-order valence-corrected chi connectivity index (χ4v) is 2.94. The molecule has 12 heteroatoms. The fraction of sp³-hybridized carbons (Fsp3) is 0.176. The van der Waals surface area contributed by atoms with Crippen LogP contribution >= 0.6 is 0 Å². The van der Waals surface area contributed by atoms with E-state index in [0.717, 1.165) is 5.01 Å². The van der Waals surface area contributed by atoms with Crippen LogP contribution in [0.5, 0.6) is 11.5 Å². The molecule has 0 spiro atoms. The molecule has 2 aliphatic heterocycles. The second-order valence-corrected chi connectivity index (χ2v) is 6.07. The summed E-state index contributed by atoms with van der Waals surface area (Å²) in [6.07, 6.45) is -1.25. The first-order valence-electron chi connectivity index (χ1n) is 8.23. The lowest BCUT2D eigenvalue weighted by atomic mass is 10.1. The highest BCUT2D eigenvalue weighted by Gasteiger charge is 2.39. The van der Waals surface area contributed by atoms with E-state index in [1.54, 1.807) is 0 Å². The number of hydrazone groups is 1. The lowest BCUT2D eigenvalue weighted by Gasteiger charge is -2.19. The second-order valence-electron chi connectivity index (χ2n) is 6.07. The van der Waals surface area contributed by atoms with Crippen molar-refractivity contribution in [3.8, 4) is 11.5 Å². The van der Waals surface area contributed by atoms with Crippen molar-refractivity contribution in [2.24, 2.45) is 5.10 Å². The van der Waals surface area contributed by atoms with Gasteiger partial charge in [-0.3, -0.25) is 25.0 Å². The Balaban J connectivity index is 1.77. The largest absolute Gasteiger partial charge is 0.454 e. The van der Waals surface area contributed by atoms with Gasteiger partial charge in [0.05, 0.1) is 21.5 Å². The number of ether oxygens (including phenoxy) is 3. The van der Waals surface area contributed by atoms with E-state index < -0.39 is 22.0 Å². The summed E-state index contributed by atoms with van der Waals surface area (Å²) in [6.45, 7) is 1.13. The van der Waals surface area contributed by atoms with E-state index in [-0.39, 0.29) is 46.7 Å². The summed E-state index contributed by atoms with van der Waals surface area (Å²) in [6, 6.07) is 8.02. The van der Waals surface area contributed by atoms with Crippen LogP contribution in [0.1, 0.15) is 24.3 Å². The molecule has 0 aromatic heterocycles. The minimum atomic E-state index is -1.25. The first-order valence-corrected chi connectivity index (χ1v) is 8.23. The highest BCUT2D eigenvalue weighted by atomic mass is 16.7. The zero-order valence-electron chi connectivity index (χ0n) is 14.8. The average Bonchev–Trinajstić information content (AvgIpc) is 3.33. The molecule has 0 saturated heterocycles. The number of carbonyl (C=O) groups excluding carboxylic acids is 1. The summed E-state index contributed by atoms with van der Waals surface area (Å²) in [5, 5.41) is 27.6. The topological polar surface area (TPSA) is 147 Å². The van der Waals surface area contributed by atoms with Gasteiger partial charge < -0.3 is 14.2 Å². The Labute approximate surface area is 162 Å². The number of nitro groups is 2. The van der Waals surface area contributed by atoms with Crippen molar-refractivity contribution in [3.05, 3.63) is 67.8 Å². The Hall–Kier alpha value is -4.22. The average molecular weight is 400 g/mol. The minimum Gasteiger partial charge on any atom is -0.454 e. The van der Waals surface area contributed by atoms with Crippen LogP contribution in [-0.2, 0) is 9.53 Å². The van der Waals surface area contributed by atoms with Gasteiger partial charge in [-0.05, 0) is 6.07 Å². The molecule has 1 amide bonds. The molecule has 4 rings (SSSR count). The molecule has 0 bridgehead atoms. The van der Waals surface area contributed by atoms with Crippen LogP contribution in [0, 0.1) is 20.2 Å². The zero-order chi connectivity index (χ0) is 20.7. The van der Waals surface area contributed by atoms with Crippen molar-refractivity contribution in [1.29, 1.82) is 0 Å². The van der Waals surface area contributed by atoms with Gasteiger partial charge in [0.1, 0.15) is 0 Å². The van der Waals surface area contributed by atoms with Crippen molar-refractivity contribution in [1.82, 2.24) is 5.01 Å². The van der Waals surface area contributed by atoms with Crippen LogP contribution in [0.4, 0.5) is 11.4 Å². The summed E-state index contributed by atoms with van der Waals surface area (Å²) < 4.78 is 16.2. The number of nitrogens with zero attached hydrogens (tertiary/aromatic N) is 4. The molecular weight excluding hydrogens is 388 g/mol. The standard InChI is InChI=1S/C17H12N4O8/c1-9(22)19-17(12-6-14-15(28-8-27-14)7-13(12)21(25)26)29-16(18-19)10-3-2-4-11(5-10)20(23)24/h2-7,17H,8H2,1H3. The third kappa shape index (κ3) is 3.16. The molecule has 0 N–H and O–H groups in total. The third-order valence-corrected chi connectivity index (χ3v) is 4.26. The van der Waals surface area contributed by atoms with E-state index in [9.17, 15) is 25.0 Å². The summed E-state index contributed by atoms with van der Waals surface area (Å²) in [5.74, 6) is -0.155. The number of rotatable bonds is 4. The van der Waals surface area contributed by atoms with Crippen LogP contribution in [-0.4, -0.2) is 33.5 Å². The van der Waals surface area contributed by atoms with Crippen molar-refractivity contribution >= 4 is 23.2 Å². The number of amides is 1. The number of hydrogen-bond acceptors (Lipinski definition) is 9. The van der Waals surface area contributed by atoms with Crippen molar-refractivity contribution < 1.29 is 28.9 Å². The van der Waals surface area contributed by atoms with Gasteiger partial charge in [-0.15, -0.1) is 5.10 Å². The van der Waals surface area contributed by atoms with E-state index >= 15 is 0 Å². The van der Waals surface area contributed by atoms with Crippen LogP contribution < -0.4 is 9.47 Å². The highest BCUT2D eigenvalue weighted by molar-refractivity contribution is 5.97. The number of benzene rings is 2. The van der Waals surface area contributed by atoms with E-state index in [4.69, 9.17) is 14.2 Å². The third-order valence-electron chi connectivity index (χ3n) is 4.26. The van der Waals surface area contributed by atoms with Crippen molar-refractivity contribution in [2.75, 3.05) is 6.79 Å². The quantitative estimate of drug-likeness (QED) is 0.562. The molecule has 2 heterocycles. The van der Waals surface area contributed by atoms with Crippen LogP contribution in [0.15, 0.2) is 41.5 Å². The summed E-state index contributed by atoms with van der Waals surface area (Å²) in [5.41, 5.74) is -0.267. The maximum atomic E-state index is 12.1. The lowest BCUT2D eigenvalue weighted by Crippen LogP contribution is -2.25. The fourth-order valence-electron chi connectivity index (χ4n) is 2.94. The Kier molecular flexibility index (Phi) is 4.22.